The third-order valence-electron chi connectivity index (χ3n) is 4.90. The van der Waals surface area contributed by atoms with Crippen LogP contribution >= 0.6 is 15.9 Å². The molecule has 0 atom stereocenters. The summed E-state index contributed by atoms with van der Waals surface area (Å²) in [7, 11) is 0. The van der Waals surface area contributed by atoms with Gasteiger partial charge in [0.05, 0.1) is 11.4 Å². The van der Waals surface area contributed by atoms with Crippen LogP contribution in [0.2, 0.25) is 0 Å². The van der Waals surface area contributed by atoms with Crippen molar-refractivity contribution in [1.82, 2.24) is 20.6 Å². The van der Waals surface area contributed by atoms with E-state index in [0.29, 0.717) is 5.69 Å². The number of para-hydroxylation sites is 1. The highest BCUT2D eigenvalue weighted by atomic mass is 79.9. The van der Waals surface area contributed by atoms with E-state index in [9.17, 15) is 9.59 Å². The van der Waals surface area contributed by atoms with Gasteiger partial charge >= 0.3 is 6.03 Å². The molecule has 8 heteroatoms. The van der Waals surface area contributed by atoms with E-state index in [1.807, 2.05) is 67.7 Å². The van der Waals surface area contributed by atoms with Crippen molar-refractivity contribution in [2.75, 3.05) is 5.32 Å². The summed E-state index contributed by atoms with van der Waals surface area (Å²) in [4.78, 5) is 24.3. The van der Waals surface area contributed by atoms with Gasteiger partial charge in [0.25, 0.3) is 5.91 Å². The number of aryl methyl sites for hydroxylation is 1. The molecule has 1 heterocycles. The number of hydrogen-bond donors (Lipinski definition) is 3. The summed E-state index contributed by atoms with van der Waals surface area (Å²) >= 11 is 3.34. The van der Waals surface area contributed by atoms with Gasteiger partial charge in [0.1, 0.15) is 0 Å². The van der Waals surface area contributed by atoms with E-state index in [0.717, 1.165) is 32.5 Å². The van der Waals surface area contributed by atoms with Crippen molar-refractivity contribution in [3.05, 3.63) is 107 Å². The minimum atomic E-state index is -0.554. The van der Waals surface area contributed by atoms with Crippen LogP contribution in [0.15, 0.2) is 95.6 Å². The summed E-state index contributed by atoms with van der Waals surface area (Å²) in [5, 5.41) is 7.37. The van der Waals surface area contributed by atoms with E-state index in [2.05, 4.69) is 32.1 Å². The Bertz CT molecular complexity index is 1310. The molecule has 0 spiro atoms. The van der Waals surface area contributed by atoms with Crippen LogP contribution in [0, 0.1) is 6.92 Å². The molecule has 4 rings (SSSR count). The Morgan fingerprint density at radius 1 is 0.912 bits per heavy atom. The van der Waals surface area contributed by atoms with Gasteiger partial charge < -0.3 is 5.32 Å². The number of benzene rings is 3. The van der Waals surface area contributed by atoms with Crippen LogP contribution in [0.25, 0.3) is 23.0 Å². The normalized spacial score (nSPS) is 10.8. The number of anilines is 1. The summed E-state index contributed by atoms with van der Waals surface area (Å²) < 4.78 is 2.67. The quantitative estimate of drug-likeness (QED) is 0.243. The number of halogens is 1. The molecule has 7 nitrogen and oxygen atoms in total. The molecule has 0 saturated heterocycles. The monoisotopic (exact) mass is 515 g/mol. The fourth-order valence-corrected chi connectivity index (χ4v) is 3.44. The van der Waals surface area contributed by atoms with Crippen LogP contribution in [0.4, 0.5) is 10.5 Å². The first-order valence-electron chi connectivity index (χ1n) is 10.5. The highest BCUT2D eigenvalue weighted by Gasteiger charge is 2.11. The van der Waals surface area contributed by atoms with Gasteiger partial charge in [-0.1, -0.05) is 64.0 Å². The Balaban J connectivity index is 1.47. The second kappa shape index (κ2) is 10.6. The molecule has 34 heavy (non-hydrogen) atoms. The van der Waals surface area contributed by atoms with Crippen LogP contribution < -0.4 is 16.2 Å². The molecule has 0 aliphatic heterocycles. The maximum Gasteiger partial charge on any atom is 0.337 e. The Labute approximate surface area is 205 Å². The van der Waals surface area contributed by atoms with Crippen molar-refractivity contribution in [3.8, 4) is 16.9 Å². The second-order valence-corrected chi connectivity index (χ2v) is 8.40. The zero-order valence-corrected chi connectivity index (χ0v) is 19.9. The van der Waals surface area contributed by atoms with E-state index in [1.54, 1.807) is 35.0 Å². The Morgan fingerprint density at radius 2 is 1.62 bits per heavy atom. The van der Waals surface area contributed by atoms with Crippen LogP contribution in [-0.2, 0) is 4.79 Å². The minimum Gasteiger partial charge on any atom is -0.307 e. The van der Waals surface area contributed by atoms with E-state index >= 15 is 0 Å². The first-order chi connectivity index (χ1) is 16.5. The zero-order chi connectivity index (χ0) is 23.9. The number of nitrogens with zero attached hydrogens (tertiary/aromatic N) is 2. The SMILES string of the molecule is Cc1ccc(-c2nn(-c3ccccc3)cc2/C=C/C(=O)NNC(=O)Nc2ccc(Br)cc2)cc1. The fourth-order valence-electron chi connectivity index (χ4n) is 3.18. The summed E-state index contributed by atoms with van der Waals surface area (Å²) in [5.41, 5.74) is 9.80. The summed E-state index contributed by atoms with van der Waals surface area (Å²) in [5.74, 6) is -0.478. The zero-order valence-electron chi connectivity index (χ0n) is 18.3. The van der Waals surface area contributed by atoms with Gasteiger partial charge in [-0.25, -0.2) is 14.9 Å². The molecular formula is C26H22BrN5O2. The summed E-state index contributed by atoms with van der Waals surface area (Å²) in [6.07, 6.45) is 4.89. The van der Waals surface area contributed by atoms with E-state index in [1.165, 1.54) is 6.08 Å². The van der Waals surface area contributed by atoms with Crippen molar-refractivity contribution < 1.29 is 9.59 Å². The first kappa shape index (κ1) is 23.0. The number of hydrogen-bond acceptors (Lipinski definition) is 3. The summed E-state index contributed by atoms with van der Waals surface area (Å²) in [6.45, 7) is 2.03. The molecule has 1 aromatic heterocycles. The number of amides is 3. The first-order valence-corrected chi connectivity index (χ1v) is 11.3. The highest BCUT2D eigenvalue weighted by Crippen LogP contribution is 2.25. The molecule has 170 valence electrons. The lowest BCUT2D eigenvalue weighted by molar-refractivity contribution is -0.117. The molecule has 4 aromatic rings. The van der Waals surface area contributed by atoms with Gasteiger partial charge in [0, 0.05) is 33.6 Å². The predicted octanol–water partition coefficient (Wildman–Crippen LogP) is 5.48. The Kier molecular flexibility index (Phi) is 7.19. The number of rotatable bonds is 5. The molecule has 0 saturated carbocycles. The van der Waals surface area contributed by atoms with Crippen molar-refractivity contribution in [1.29, 1.82) is 0 Å². The van der Waals surface area contributed by atoms with Crippen molar-refractivity contribution >= 4 is 39.6 Å². The van der Waals surface area contributed by atoms with Crippen LogP contribution in [0.1, 0.15) is 11.1 Å². The van der Waals surface area contributed by atoms with Crippen molar-refractivity contribution in [2.45, 2.75) is 6.92 Å². The number of carbonyl (C=O) groups excluding carboxylic acids is 2. The second-order valence-electron chi connectivity index (χ2n) is 7.49. The molecular weight excluding hydrogens is 494 g/mol. The van der Waals surface area contributed by atoms with Gasteiger partial charge in [-0.15, -0.1) is 0 Å². The van der Waals surface area contributed by atoms with Crippen molar-refractivity contribution in [3.63, 3.8) is 0 Å². The van der Waals surface area contributed by atoms with E-state index in [4.69, 9.17) is 5.10 Å². The number of carbonyl (C=O) groups is 2. The minimum absolute atomic E-state index is 0.478. The molecule has 0 bridgehead atoms. The Morgan fingerprint density at radius 3 is 2.32 bits per heavy atom. The Hall–Kier alpha value is -4.17. The van der Waals surface area contributed by atoms with E-state index < -0.39 is 11.9 Å². The lowest BCUT2D eigenvalue weighted by Crippen LogP contribution is -2.43. The molecule has 3 amide bonds. The number of urea groups is 1. The molecule has 0 unspecified atom stereocenters. The third-order valence-corrected chi connectivity index (χ3v) is 5.43. The lowest BCUT2D eigenvalue weighted by atomic mass is 10.1. The van der Waals surface area contributed by atoms with Gasteiger partial charge in [-0.2, -0.15) is 5.10 Å². The predicted molar refractivity (Wildman–Crippen MR) is 137 cm³/mol. The molecule has 0 fully saturated rings. The van der Waals surface area contributed by atoms with E-state index in [-0.39, 0.29) is 0 Å². The van der Waals surface area contributed by atoms with Gasteiger partial charge in [-0.05, 0) is 49.4 Å². The highest BCUT2D eigenvalue weighted by molar-refractivity contribution is 9.10. The third kappa shape index (κ3) is 5.99. The van der Waals surface area contributed by atoms with Crippen molar-refractivity contribution in [2.24, 2.45) is 0 Å². The lowest BCUT2D eigenvalue weighted by Gasteiger charge is -2.07. The summed E-state index contributed by atoms with van der Waals surface area (Å²) in [6, 6.07) is 24.3. The fraction of sp³-hybridized carbons (Fsp3) is 0.0385. The largest absolute Gasteiger partial charge is 0.337 e. The standard InChI is InChI=1S/C26H22BrN5O2/c1-18-7-9-19(10-8-18)25-20(17-32(31-25)23-5-3-2-4-6-23)11-16-24(33)29-30-26(34)28-22-14-12-21(27)13-15-22/h2-17H,1H3,(H,29,33)(H2,28,30,34)/b16-11+. The maximum atomic E-state index is 12.3. The van der Waals surface area contributed by atoms with Gasteiger partial charge in [0.15, 0.2) is 0 Å². The molecule has 0 radical (unpaired) electrons. The topological polar surface area (TPSA) is 88.1 Å². The van der Waals surface area contributed by atoms with Crippen LogP contribution in [0.5, 0.6) is 0 Å². The number of aromatic nitrogens is 2. The van der Waals surface area contributed by atoms with Crippen LogP contribution in [-0.4, -0.2) is 21.7 Å². The van der Waals surface area contributed by atoms with Gasteiger partial charge in [-0.3, -0.25) is 10.2 Å². The van der Waals surface area contributed by atoms with Gasteiger partial charge in [0.2, 0.25) is 0 Å². The smallest absolute Gasteiger partial charge is 0.307 e. The van der Waals surface area contributed by atoms with Crippen LogP contribution in [0.3, 0.4) is 0 Å². The average Bonchev–Trinajstić information content (AvgIpc) is 3.28. The number of hydrazine groups is 1. The molecule has 0 aliphatic rings. The number of nitrogens with one attached hydrogen (secondary N) is 3. The maximum absolute atomic E-state index is 12.3. The molecule has 3 N–H and O–H groups in total. The molecule has 0 aliphatic carbocycles. The molecule has 3 aromatic carbocycles. The average molecular weight is 516 g/mol.